The van der Waals surface area contributed by atoms with Gasteiger partial charge in [-0.1, -0.05) is 48.5 Å². The molecule has 1 aromatic heterocycles. The standard InChI is InChI=1S/C29H37N5O6S/c1-17(35)25(28(38)33-24(29(39)40)15-19-16-31-22-11-7-6-10-20(19)22)34-27(37)23(14-18-8-4-3-5-9-18)32-26(36)21(30)12-13-41-2/h3-11,16-17,21,23-25,31,35H,12-15,30H2,1-2H3,(H,32,36)(H,33,38)(H,34,37)(H,39,40). The number of rotatable bonds is 15. The zero-order valence-electron chi connectivity index (χ0n) is 23.0. The average molecular weight is 584 g/mol. The molecule has 0 saturated heterocycles. The number of nitrogens with two attached hydrogens (primary N) is 1. The van der Waals surface area contributed by atoms with Gasteiger partial charge in [-0.25, -0.2) is 4.79 Å². The SMILES string of the molecule is CSCCC(N)C(=O)NC(Cc1ccccc1)C(=O)NC(C(=O)NC(Cc1c[nH]c2ccccc12)C(=O)O)C(C)O. The molecule has 5 atom stereocenters. The second-order valence-electron chi connectivity index (χ2n) is 9.83. The Morgan fingerprint density at radius 1 is 0.902 bits per heavy atom. The summed E-state index contributed by atoms with van der Waals surface area (Å²) in [7, 11) is 0. The van der Waals surface area contributed by atoms with Crippen molar-refractivity contribution in [2.75, 3.05) is 12.0 Å². The van der Waals surface area contributed by atoms with E-state index in [0.29, 0.717) is 17.7 Å². The van der Waals surface area contributed by atoms with Crippen LogP contribution in [0.4, 0.5) is 0 Å². The summed E-state index contributed by atoms with van der Waals surface area (Å²) in [6.07, 6.45) is 2.72. The summed E-state index contributed by atoms with van der Waals surface area (Å²) in [5.74, 6) is -2.71. The molecular formula is C29H37N5O6S. The van der Waals surface area contributed by atoms with Crippen molar-refractivity contribution in [1.82, 2.24) is 20.9 Å². The van der Waals surface area contributed by atoms with Crippen molar-refractivity contribution in [3.63, 3.8) is 0 Å². The van der Waals surface area contributed by atoms with Gasteiger partial charge in [0.1, 0.15) is 18.1 Å². The Labute approximate surface area is 242 Å². The van der Waals surface area contributed by atoms with E-state index < -0.39 is 54.0 Å². The zero-order valence-corrected chi connectivity index (χ0v) is 23.8. The molecule has 8 N–H and O–H groups in total. The molecular weight excluding hydrogens is 546 g/mol. The van der Waals surface area contributed by atoms with Gasteiger partial charge in [-0.05, 0) is 42.5 Å². The highest BCUT2D eigenvalue weighted by molar-refractivity contribution is 7.98. The lowest BCUT2D eigenvalue weighted by atomic mass is 10.0. The number of carbonyl (C=O) groups excluding carboxylic acids is 3. The summed E-state index contributed by atoms with van der Waals surface area (Å²) in [4.78, 5) is 54.4. The van der Waals surface area contributed by atoms with Gasteiger partial charge in [0.2, 0.25) is 17.7 Å². The van der Waals surface area contributed by atoms with Crippen molar-refractivity contribution < 1.29 is 29.4 Å². The molecule has 0 aliphatic rings. The first kappa shape index (κ1) is 31.7. The van der Waals surface area contributed by atoms with Crippen LogP contribution in [0.2, 0.25) is 0 Å². The summed E-state index contributed by atoms with van der Waals surface area (Å²) in [5.41, 5.74) is 8.27. The first-order chi connectivity index (χ1) is 19.6. The maximum Gasteiger partial charge on any atom is 0.326 e. The number of benzene rings is 2. The molecule has 12 heteroatoms. The summed E-state index contributed by atoms with van der Waals surface area (Å²) in [6.45, 7) is 1.31. The number of aromatic amines is 1. The molecule has 0 aliphatic heterocycles. The van der Waals surface area contributed by atoms with Gasteiger partial charge in [0.05, 0.1) is 12.1 Å². The number of amides is 3. The molecule has 3 rings (SSSR count). The quantitative estimate of drug-likeness (QED) is 0.138. The van der Waals surface area contributed by atoms with Crippen molar-refractivity contribution in [2.24, 2.45) is 5.73 Å². The highest BCUT2D eigenvalue weighted by Crippen LogP contribution is 2.19. The Morgan fingerprint density at radius 2 is 1.56 bits per heavy atom. The first-order valence-electron chi connectivity index (χ1n) is 13.3. The van der Waals surface area contributed by atoms with Crippen LogP contribution in [0.25, 0.3) is 10.9 Å². The van der Waals surface area contributed by atoms with Crippen molar-refractivity contribution in [1.29, 1.82) is 0 Å². The molecule has 3 aromatic rings. The van der Waals surface area contributed by atoms with Gasteiger partial charge >= 0.3 is 5.97 Å². The summed E-state index contributed by atoms with van der Waals surface area (Å²) in [6, 6.07) is 11.6. The number of aliphatic hydroxyl groups is 1. The van der Waals surface area contributed by atoms with E-state index in [9.17, 15) is 29.4 Å². The number of aliphatic carboxylic acids is 1. The number of fused-ring (bicyclic) bond motifs is 1. The normalized spacial score (nSPS) is 14.8. The number of carboxylic acids is 1. The molecule has 220 valence electrons. The van der Waals surface area contributed by atoms with Gasteiger partial charge in [0, 0.05) is 29.9 Å². The molecule has 0 aliphatic carbocycles. The monoisotopic (exact) mass is 583 g/mol. The average Bonchev–Trinajstić information content (AvgIpc) is 3.36. The Hall–Kier alpha value is -3.87. The minimum atomic E-state index is -1.48. The molecule has 41 heavy (non-hydrogen) atoms. The van der Waals surface area contributed by atoms with E-state index in [1.54, 1.807) is 42.2 Å². The summed E-state index contributed by atoms with van der Waals surface area (Å²) < 4.78 is 0. The third-order valence-electron chi connectivity index (χ3n) is 6.66. The zero-order chi connectivity index (χ0) is 29.9. The Balaban J connectivity index is 1.75. The van der Waals surface area contributed by atoms with Gasteiger partial charge in [0.25, 0.3) is 0 Å². The molecule has 3 amide bonds. The molecule has 0 spiro atoms. The number of carbonyl (C=O) groups is 4. The lowest BCUT2D eigenvalue weighted by Gasteiger charge is -2.26. The van der Waals surface area contributed by atoms with Crippen LogP contribution in [0, 0.1) is 0 Å². The fraction of sp³-hybridized carbons (Fsp3) is 0.379. The number of carboxylic acid groups (broad SMARTS) is 1. The van der Waals surface area contributed by atoms with Gasteiger partial charge in [-0.3, -0.25) is 14.4 Å². The molecule has 0 radical (unpaired) electrons. The first-order valence-corrected chi connectivity index (χ1v) is 14.7. The largest absolute Gasteiger partial charge is 0.480 e. The van der Waals surface area contributed by atoms with E-state index >= 15 is 0 Å². The van der Waals surface area contributed by atoms with Gasteiger partial charge in [0.15, 0.2) is 0 Å². The Bertz CT molecular complexity index is 1330. The van der Waals surface area contributed by atoms with Crippen LogP contribution in [0.3, 0.4) is 0 Å². The van der Waals surface area contributed by atoms with E-state index in [1.165, 1.54) is 6.92 Å². The minimum Gasteiger partial charge on any atom is -0.480 e. The number of aliphatic hydroxyl groups excluding tert-OH is 1. The van der Waals surface area contributed by atoms with Gasteiger partial charge < -0.3 is 36.9 Å². The fourth-order valence-corrected chi connectivity index (χ4v) is 4.84. The van der Waals surface area contributed by atoms with Crippen molar-refractivity contribution in [3.05, 3.63) is 71.9 Å². The molecule has 0 fully saturated rings. The molecule has 1 heterocycles. The predicted molar refractivity (Wildman–Crippen MR) is 158 cm³/mol. The highest BCUT2D eigenvalue weighted by atomic mass is 32.2. The highest BCUT2D eigenvalue weighted by Gasteiger charge is 2.33. The number of hydrogen-bond donors (Lipinski definition) is 7. The molecule has 0 saturated carbocycles. The van der Waals surface area contributed by atoms with E-state index in [2.05, 4.69) is 20.9 Å². The van der Waals surface area contributed by atoms with E-state index in [4.69, 9.17) is 5.73 Å². The molecule has 2 aromatic carbocycles. The molecule has 11 nitrogen and oxygen atoms in total. The molecule has 0 bridgehead atoms. The van der Waals surface area contributed by atoms with Crippen molar-refractivity contribution in [2.45, 2.75) is 56.5 Å². The maximum atomic E-state index is 13.4. The predicted octanol–water partition coefficient (Wildman–Crippen LogP) is 0.953. The van der Waals surface area contributed by atoms with Crippen LogP contribution in [0.15, 0.2) is 60.8 Å². The van der Waals surface area contributed by atoms with E-state index in [1.807, 2.05) is 36.6 Å². The third kappa shape index (κ3) is 9.07. The lowest BCUT2D eigenvalue weighted by molar-refractivity contribution is -0.143. The number of nitrogens with one attached hydrogen (secondary N) is 4. The van der Waals surface area contributed by atoms with Crippen molar-refractivity contribution >= 4 is 46.4 Å². The summed E-state index contributed by atoms with van der Waals surface area (Å²) in [5, 5.41) is 28.6. The van der Waals surface area contributed by atoms with Crippen LogP contribution in [-0.4, -0.2) is 81.2 Å². The van der Waals surface area contributed by atoms with E-state index in [0.717, 1.165) is 16.5 Å². The third-order valence-corrected chi connectivity index (χ3v) is 7.31. The number of aromatic nitrogens is 1. The van der Waals surface area contributed by atoms with Crippen LogP contribution in [0.5, 0.6) is 0 Å². The second kappa shape index (κ2) is 15.2. The van der Waals surface area contributed by atoms with Crippen molar-refractivity contribution in [3.8, 4) is 0 Å². The Morgan fingerprint density at radius 3 is 2.22 bits per heavy atom. The van der Waals surface area contributed by atoms with Crippen LogP contribution in [-0.2, 0) is 32.0 Å². The lowest BCUT2D eigenvalue weighted by Crippen LogP contribution is -2.60. The smallest absolute Gasteiger partial charge is 0.326 e. The second-order valence-corrected chi connectivity index (χ2v) is 10.8. The number of H-pyrrole nitrogens is 1. The van der Waals surface area contributed by atoms with Crippen LogP contribution < -0.4 is 21.7 Å². The number of para-hydroxylation sites is 1. The maximum absolute atomic E-state index is 13.4. The van der Waals surface area contributed by atoms with Gasteiger partial charge in [-0.2, -0.15) is 11.8 Å². The van der Waals surface area contributed by atoms with Gasteiger partial charge in [-0.15, -0.1) is 0 Å². The number of hydrogen-bond acceptors (Lipinski definition) is 7. The van der Waals surface area contributed by atoms with Crippen LogP contribution in [0.1, 0.15) is 24.5 Å². The fourth-order valence-electron chi connectivity index (χ4n) is 4.35. The number of thioether (sulfide) groups is 1. The molecule has 5 unspecified atom stereocenters. The van der Waals surface area contributed by atoms with E-state index in [-0.39, 0.29) is 12.8 Å². The topological polar surface area (TPSA) is 187 Å². The minimum absolute atomic E-state index is 0.0216. The van der Waals surface area contributed by atoms with Crippen LogP contribution >= 0.6 is 11.8 Å². The summed E-state index contributed by atoms with van der Waals surface area (Å²) >= 11 is 1.54. The Kier molecular flexibility index (Phi) is 11.7.